The van der Waals surface area contributed by atoms with Crippen molar-refractivity contribution in [2.75, 3.05) is 11.9 Å². The van der Waals surface area contributed by atoms with Crippen molar-refractivity contribution < 1.29 is 9.53 Å². The van der Waals surface area contributed by atoms with Crippen molar-refractivity contribution in [3.63, 3.8) is 0 Å². The molecule has 122 valence electrons. The molecule has 0 bridgehead atoms. The highest BCUT2D eigenvalue weighted by Gasteiger charge is 2.15. The van der Waals surface area contributed by atoms with Crippen LogP contribution in [0.15, 0.2) is 46.9 Å². The molecule has 2 aromatic rings. The summed E-state index contributed by atoms with van der Waals surface area (Å²) in [5, 5.41) is 3.01. The van der Waals surface area contributed by atoms with E-state index >= 15 is 0 Å². The Balaban J connectivity index is 2.29. The fourth-order valence-corrected chi connectivity index (χ4v) is 2.68. The van der Waals surface area contributed by atoms with Crippen molar-refractivity contribution in [2.24, 2.45) is 0 Å². The number of carbonyl (C=O) groups excluding carboxylic acids is 1. The molecule has 0 aliphatic rings. The smallest absolute Gasteiger partial charge is 0.259 e. The maximum atomic E-state index is 12.7. The topological polar surface area (TPSA) is 38.3 Å². The summed E-state index contributed by atoms with van der Waals surface area (Å²) in [6, 6.07) is 13.4. The van der Waals surface area contributed by atoms with Crippen LogP contribution < -0.4 is 10.1 Å². The molecule has 0 aromatic heterocycles. The van der Waals surface area contributed by atoms with Crippen LogP contribution in [0.1, 0.15) is 49.0 Å². The molecule has 0 radical (unpaired) electrons. The van der Waals surface area contributed by atoms with Crippen molar-refractivity contribution >= 4 is 27.5 Å². The lowest BCUT2D eigenvalue weighted by molar-refractivity contribution is 0.102. The standard InChI is InChI=1S/C19H22BrNO2/c1-4-11-23-18-10-9-14(20)12-16(18)19(22)21-17-8-6-5-7-15(17)13(2)3/h5-10,12-13H,4,11H2,1-3H3,(H,21,22). The molecular weight excluding hydrogens is 354 g/mol. The van der Waals surface area contributed by atoms with Gasteiger partial charge in [0.05, 0.1) is 12.2 Å². The number of nitrogens with one attached hydrogen (secondary N) is 1. The molecular formula is C19H22BrNO2. The Kier molecular flexibility index (Phi) is 6.22. The first-order valence-electron chi connectivity index (χ1n) is 7.85. The first kappa shape index (κ1) is 17.5. The molecule has 0 spiro atoms. The van der Waals surface area contributed by atoms with Gasteiger partial charge >= 0.3 is 0 Å². The molecule has 0 heterocycles. The summed E-state index contributed by atoms with van der Waals surface area (Å²) in [6.45, 7) is 6.85. The van der Waals surface area contributed by atoms with E-state index in [0.717, 1.165) is 22.1 Å². The first-order valence-corrected chi connectivity index (χ1v) is 8.64. The molecule has 1 amide bonds. The van der Waals surface area contributed by atoms with Crippen molar-refractivity contribution in [1.29, 1.82) is 0 Å². The van der Waals surface area contributed by atoms with Gasteiger partial charge in [-0.3, -0.25) is 4.79 Å². The highest BCUT2D eigenvalue weighted by molar-refractivity contribution is 9.10. The summed E-state index contributed by atoms with van der Waals surface area (Å²) in [5.41, 5.74) is 2.49. The second-order valence-corrected chi connectivity index (χ2v) is 6.60. The normalized spacial score (nSPS) is 10.7. The molecule has 3 nitrogen and oxygen atoms in total. The molecule has 0 unspecified atom stereocenters. The van der Waals surface area contributed by atoms with Crippen LogP contribution in [-0.2, 0) is 0 Å². The molecule has 0 fully saturated rings. The molecule has 0 saturated heterocycles. The third-order valence-electron chi connectivity index (χ3n) is 3.48. The molecule has 0 aliphatic heterocycles. The van der Waals surface area contributed by atoms with Crippen LogP contribution in [-0.4, -0.2) is 12.5 Å². The van der Waals surface area contributed by atoms with Crippen molar-refractivity contribution in [1.82, 2.24) is 0 Å². The lowest BCUT2D eigenvalue weighted by Crippen LogP contribution is -2.15. The van der Waals surface area contributed by atoms with Gasteiger partial charge in [0.25, 0.3) is 5.91 Å². The highest BCUT2D eigenvalue weighted by atomic mass is 79.9. The molecule has 4 heteroatoms. The number of ether oxygens (including phenoxy) is 1. The molecule has 2 rings (SSSR count). The summed E-state index contributed by atoms with van der Waals surface area (Å²) >= 11 is 3.42. The number of hydrogen-bond donors (Lipinski definition) is 1. The number of rotatable bonds is 6. The van der Waals surface area contributed by atoms with Crippen molar-refractivity contribution in [2.45, 2.75) is 33.1 Å². The van der Waals surface area contributed by atoms with Gasteiger partial charge in [-0.2, -0.15) is 0 Å². The van der Waals surface area contributed by atoms with Gasteiger partial charge in [-0.25, -0.2) is 0 Å². The third kappa shape index (κ3) is 4.58. The largest absolute Gasteiger partial charge is 0.493 e. The number of para-hydroxylation sites is 1. The Morgan fingerprint density at radius 3 is 2.65 bits per heavy atom. The van der Waals surface area contributed by atoms with Crippen LogP contribution in [0.2, 0.25) is 0 Å². The van der Waals surface area contributed by atoms with Crippen molar-refractivity contribution in [3.8, 4) is 5.75 Å². The second kappa shape index (κ2) is 8.16. The quantitative estimate of drug-likeness (QED) is 0.711. The SMILES string of the molecule is CCCOc1ccc(Br)cc1C(=O)Nc1ccccc1C(C)C. The van der Waals surface area contributed by atoms with Gasteiger partial charge in [0, 0.05) is 10.2 Å². The average Bonchev–Trinajstić information content (AvgIpc) is 2.54. The van der Waals surface area contributed by atoms with E-state index in [-0.39, 0.29) is 5.91 Å². The Morgan fingerprint density at radius 2 is 1.96 bits per heavy atom. The molecule has 0 atom stereocenters. The van der Waals surface area contributed by atoms with Gasteiger partial charge in [-0.15, -0.1) is 0 Å². The number of halogens is 1. The zero-order chi connectivity index (χ0) is 16.8. The predicted molar refractivity (Wildman–Crippen MR) is 98.4 cm³/mol. The summed E-state index contributed by atoms with van der Waals surface area (Å²) < 4.78 is 6.55. The van der Waals surface area contributed by atoms with Gasteiger partial charge in [0.15, 0.2) is 0 Å². The minimum absolute atomic E-state index is 0.162. The zero-order valence-corrected chi connectivity index (χ0v) is 15.3. The highest BCUT2D eigenvalue weighted by Crippen LogP contribution is 2.27. The van der Waals surface area contributed by atoms with Crippen molar-refractivity contribution in [3.05, 3.63) is 58.1 Å². The molecule has 1 N–H and O–H groups in total. The van der Waals surface area contributed by atoms with E-state index in [9.17, 15) is 4.79 Å². The van der Waals surface area contributed by atoms with Crippen LogP contribution >= 0.6 is 15.9 Å². The number of benzene rings is 2. The minimum Gasteiger partial charge on any atom is -0.493 e. The van der Waals surface area contributed by atoms with E-state index in [1.807, 2.05) is 43.3 Å². The molecule has 0 saturated carbocycles. The number of carbonyl (C=O) groups is 1. The average molecular weight is 376 g/mol. The number of hydrogen-bond acceptors (Lipinski definition) is 2. The van der Waals surface area contributed by atoms with Crippen LogP contribution in [0.25, 0.3) is 0 Å². The Morgan fingerprint density at radius 1 is 1.22 bits per heavy atom. The summed E-state index contributed by atoms with van der Waals surface area (Å²) in [4.78, 5) is 12.7. The molecule has 0 aliphatic carbocycles. The van der Waals surface area contributed by atoms with Gasteiger partial charge in [-0.05, 0) is 42.2 Å². The Labute approximate surface area is 146 Å². The van der Waals surface area contributed by atoms with Crippen LogP contribution in [0.4, 0.5) is 5.69 Å². The van der Waals surface area contributed by atoms with E-state index in [4.69, 9.17) is 4.74 Å². The lowest BCUT2D eigenvalue weighted by atomic mass is 10.0. The van der Waals surface area contributed by atoms with E-state index < -0.39 is 0 Å². The fourth-order valence-electron chi connectivity index (χ4n) is 2.32. The van der Waals surface area contributed by atoms with E-state index in [1.54, 1.807) is 6.07 Å². The van der Waals surface area contributed by atoms with E-state index in [2.05, 4.69) is 35.1 Å². The molecule has 23 heavy (non-hydrogen) atoms. The lowest BCUT2D eigenvalue weighted by Gasteiger charge is -2.15. The van der Waals surface area contributed by atoms with Gasteiger partial charge < -0.3 is 10.1 Å². The minimum atomic E-state index is -0.162. The Bertz CT molecular complexity index is 683. The van der Waals surface area contributed by atoms with Gasteiger partial charge in [0.1, 0.15) is 5.75 Å². The summed E-state index contributed by atoms with van der Waals surface area (Å²) in [5.74, 6) is 0.782. The third-order valence-corrected chi connectivity index (χ3v) is 3.97. The number of amides is 1. The maximum absolute atomic E-state index is 12.7. The molecule has 2 aromatic carbocycles. The summed E-state index contributed by atoms with van der Waals surface area (Å²) in [7, 11) is 0. The van der Waals surface area contributed by atoms with Gasteiger partial charge in [0.2, 0.25) is 0 Å². The maximum Gasteiger partial charge on any atom is 0.259 e. The monoisotopic (exact) mass is 375 g/mol. The fraction of sp³-hybridized carbons (Fsp3) is 0.316. The first-order chi connectivity index (χ1) is 11.0. The van der Waals surface area contributed by atoms with E-state index in [1.165, 1.54) is 0 Å². The summed E-state index contributed by atoms with van der Waals surface area (Å²) in [6.07, 6.45) is 0.896. The van der Waals surface area contributed by atoms with Crippen LogP contribution in [0.3, 0.4) is 0 Å². The second-order valence-electron chi connectivity index (χ2n) is 5.69. The Hall–Kier alpha value is -1.81. The van der Waals surface area contributed by atoms with Crippen LogP contribution in [0, 0.1) is 0 Å². The van der Waals surface area contributed by atoms with Crippen LogP contribution in [0.5, 0.6) is 5.75 Å². The number of anilines is 1. The zero-order valence-electron chi connectivity index (χ0n) is 13.7. The van der Waals surface area contributed by atoms with E-state index in [0.29, 0.717) is 23.8 Å². The van der Waals surface area contributed by atoms with Gasteiger partial charge in [-0.1, -0.05) is 54.9 Å². The predicted octanol–water partition coefficient (Wildman–Crippen LogP) is 5.61.